The first kappa shape index (κ1) is 15.9. The number of rotatable bonds is 1. The highest BCUT2D eigenvalue weighted by Gasteiger charge is 2.23. The van der Waals surface area contributed by atoms with E-state index in [1.54, 1.807) is 12.1 Å². The highest BCUT2D eigenvalue weighted by Crippen LogP contribution is 2.44. The molecule has 0 amide bonds. The van der Waals surface area contributed by atoms with Gasteiger partial charge in [0.15, 0.2) is 14.3 Å². The Kier molecular flexibility index (Phi) is 4.01. The first-order valence-electron chi connectivity index (χ1n) is 7.18. The molecule has 5 heteroatoms. The van der Waals surface area contributed by atoms with Crippen molar-refractivity contribution in [3.05, 3.63) is 86.0 Å². The van der Waals surface area contributed by atoms with Crippen LogP contribution in [0.4, 0.5) is 0 Å². The lowest BCUT2D eigenvalue weighted by molar-refractivity contribution is 1.73. The molecule has 1 heterocycles. The summed E-state index contributed by atoms with van der Waals surface area (Å²) in [4.78, 5) is 14.0. The van der Waals surface area contributed by atoms with Gasteiger partial charge in [0, 0.05) is 37.7 Å². The zero-order valence-corrected chi connectivity index (χ0v) is 15.3. The Morgan fingerprint density at radius 1 is 0.625 bits per heavy atom. The minimum Gasteiger partial charge on any atom is -0.288 e. The van der Waals surface area contributed by atoms with E-state index in [0.717, 1.165) is 14.3 Å². The maximum absolute atomic E-state index is 12.9. The summed E-state index contributed by atoms with van der Waals surface area (Å²) in [6.07, 6.45) is 0. The lowest BCUT2D eigenvalue weighted by Gasteiger charge is -2.04. The Morgan fingerprint density at radius 3 is 1.58 bits per heavy atom. The van der Waals surface area contributed by atoms with Crippen LogP contribution in [-0.4, -0.2) is 0 Å². The van der Waals surface area contributed by atoms with Gasteiger partial charge in [-0.1, -0.05) is 34.8 Å². The van der Waals surface area contributed by atoms with Crippen molar-refractivity contribution in [1.29, 1.82) is 0 Å². The predicted octanol–water partition coefficient (Wildman–Crippen LogP) is 7.05. The molecular weight excluding hydrogens is 383 g/mol. The van der Waals surface area contributed by atoms with E-state index in [0.29, 0.717) is 25.8 Å². The van der Waals surface area contributed by atoms with Crippen molar-refractivity contribution < 1.29 is 0 Å². The summed E-state index contributed by atoms with van der Waals surface area (Å²) in [5.41, 5.74) is -0.0392. The average molecular weight is 393 g/mol. The third-order valence-electron chi connectivity index (χ3n) is 3.86. The van der Waals surface area contributed by atoms with E-state index in [9.17, 15) is 4.79 Å². The van der Waals surface area contributed by atoms with E-state index in [-0.39, 0.29) is 5.43 Å². The van der Waals surface area contributed by atoms with Gasteiger partial charge in [0.25, 0.3) is 0 Å². The average Bonchev–Trinajstić information content (AvgIpc) is 2.57. The van der Waals surface area contributed by atoms with Crippen LogP contribution in [0.15, 0.2) is 65.5 Å². The van der Waals surface area contributed by atoms with E-state index < -0.39 is 10.5 Å². The van der Waals surface area contributed by atoms with Crippen molar-refractivity contribution in [2.75, 3.05) is 0 Å². The van der Waals surface area contributed by atoms with Crippen molar-refractivity contribution >= 4 is 65.4 Å². The van der Waals surface area contributed by atoms with Gasteiger partial charge in [-0.3, -0.25) is 4.79 Å². The standard InChI is InChI=1S/C19H10Cl3OS/c20-11-1-5-14(6-2-11)24-17-7-3-12(21)9-15(17)19(23)16-10-13(22)4-8-18(16)24/h1-10H/q+1. The van der Waals surface area contributed by atoms with Gasteiger partial charge in [-0.25, -0.2) is 0 Å². The van der Waals surface area contributed by atoms with Crippen LogP contribution in [0.5, 0.6) is 0 Å². The van der Waals surface area contributed by atoms with E-state index in [1.807, 2.05) is 48.5 Å². The summed E-state index contributed by atoms with van der Waals surface area (Å²) in [7, 11) is -0.400. The molecule has 0 atom stereocenters. The fourth-order valence-electron chi connectivity index (χ4n) is 2.80. The third-order valence-corrected chi connectivity index (χ3v) is 6.92. The molecule has 4 aromatic rings. The van der Waals surface area contributed by atoms with Gasteiger partial charge in [-0.05, 0) is 48.5 Å². The van der Waals surface area contributed by atoms with Crippen LogP contribution >= 0.6 is 45.3 Å². The summed E-state index contributed by atoms with van der Waals surface area (Å²) in [6, 6.07) is 18.7. The van der Waals surface area contributed by atoms with Crippen LogP contribution in [0.2, 0.25) is 15.1 Å². The summed E-state index contributed by atoms with van der Waals surface area (Å²) in [5.74, 6) is 0. The van der Waals surface area contributed by atoms with Gasteiger partial charge < -0.3 is 0 Å². The second-order valence-corrected chi connectivity index (χ2v) is 8.64. The zero-order chi connectivity index (χ0) is 16.8. The quantitative estimate of drug-likeness (QED) is 0.250. The Balaban J connectivity index is 2.25. The minimum absolute atomic E-state index is 0.0392. The zero-order valence-electron chi connectivity index (χ0n) is 12.2. The molecule has 24 heavy (non-hydrogen) atoms. The van der Waals surface area contributed by atoms with Gasteiger partial charge in [0.1, 0.15) is 0 Å². The molecular formula is C19H10Cl3OS+. The molecule has 118 valence electrons. The number of halogens is 3. The molecule has 0 aliphatic rings. The SMILES string of the molecule is O=c1c2cc(Cl)ccc2[s+](-c2ccc(Cl)cc2)c2ccc(Cl)cc12. The number of fused-ring (bicyclic) bond motifs is 2. The molecule has 0 aliphatic heterocycles. The van der Waals surface area contributed by atoms with Crippen LogP contribution in [0.1, 0.15) is 0 Å². The van der Waals surface area contributed by atoms with Crippen LogP contribution < -0.4 is 5.43 Å². The van der Waals surface area contributed by atoms with Crippen molar-refractivity contribution in [2.45, 2.75) is 0 Å². The summed E-state index contributed by atoms with van der Waals surface area (Å²) < 4.78 is 1.95. The van der Waals surface area contributed by atoms with Crippen molar-refractivity contribution in [3.63, 3.8) is 0 Å². The van der Waals surface area contributed by atoms with Crippen molar-refractivity contribution in [3.8, 4) is 4.90 Å². The maximum atomic E-state index is 12.9. The topological polar surface area (TPSA) is 17.1 Å². The lowest BCUT2D eigenvalue weighted by Crippen LogP contribution is -2.02. The second-order valence-electron chi connectivity index (χ2n) is 5.37. The van der Waals surface area contributed by atoms with E-state index >= 15 is 0 Å². The molecule has 0 unspecified atom stereocenters. The maximum Gasteiger partial charge on any atom is 0.204 e. The fraction of sp³-hybridized carbons (Fsp3) is 0. The molecule has 0 radical (unpaired) electrons. The molecule has 4 rings (SSSR count). The molecule has 0 saturated heterocycles. The van der Waals surface area contributed by atoms with Gasteiger partial charge in [-0.2, -0.15) is 0 Å². The van der Waals surface area contributed by atoms with E-state index in [4.69, 9.17) is 34.8 Å². The van der Waals surface area contributed by atoms with Gasteiger partial charge in [0.2, 0.25) is 5.43 Å². The van der Waals surface area contributed by atoms with Crippen LogP contribution in [0, 0.1) is 0 Å². The highest BCUT2D eigenvalue weighted by atomic mass is 35.5. The predicted molar refractivity (Wildman–Crippen MR) is 107 cm³/mol. The monoisotopic (exact) mass is 391 g/mol. The summed E-state index contributed by atoms with van der Waals surface area (Å²) in [6.45, 7) is 0. The van der Waals surface area contributed by atoms with Gasteiger partial charge >= 0.3 is 0 Å². The molecule has 1 aromatic heterocycles. The molecule has 0 saturated carbocycles. The Bertz CT molecular complexity index is 1080. The number of hydrogen-bond acceptors (Lipinski definition) is 1. The smallest absolute Gasteiger partial charge is 0.204 e. The summed E-state index contributed by atoms with van der Waals surface area (Å²) in [5, 5.41) is 3.05. The van der Waals surface area contributed by atoms with E-state index in [2.05, 4.69) is 0 Å². The molecule has 0 aliphatic carbocycles. The second kappa shape index (κ2) is 6.05. The first-order chi connectivity index (χ1) is 11.5. The third kappa shape index (κ3) is 2.60. The van der Waals surface area contributed by atoms with Crippen LogP contribution in [-0.2, 0) is 0 Å². The van der Waals surface area contributed by atoms with Crippen molar-refractivity contribution in [2.24, 2.45) is 0 Å². The Morgan fingerprint density at radius 2 is 1.08 bits per heavy atom. The largest absolute Gasteiger partial charge is 0.288 e. The van der Waals surface area contributed by atoms with Crippen LogP contribution in [0.25, 0.3) is 25.1 Å². The molecule has 0 bridgehead atoms. The highest BCUT2D eigenvalue weighted by molar-refractivity contribution is 7.49. The molecule has 1 nitrogen and oxygen atoms in total. The molecule has 0 N–H and O–H groups in total. The number of benzene rings is 3. The van der Waals surface area contributed by atoms with Gasteiger partial charge in [0.05, 0.1) is 10.8 Å². The fourth-order valence-corrected chi connectivity index (χ4v) is 5.58. The van der Waals surface area contributed by atoms with E-state index in [1.165, 1.54) is 0 Å². The Hall–Kier alpha value is -1.58. The first-order valence-corrected chi connectivity index (χ1v) is 9.54. The van der Waals surface area contributed by atoms with Crippen LogP contribution in [0.3, 0.4) is 0 Å². The minimum atomic E-state index is -0.400. The molecule has 3 aromatic carbocycles. The number of hydrogen-bond donors (Lipinski definition) is 0. The van der Waals surface area contributed by atoms with Crippen molar-refractivity contribution in [1.82, 2.24) is 0 Å². The normalized spacial score (nSPS) is 11.3. The Labute approximate surface area is 156 Å². The molecule has 0 spiro atoms. The lowest BCUT2D eigenvalue weighted by atomic mass is 10.2. The summed E-state index contributed by atoms with van der Waals surface area (Å²) >= 11 is 18.3. The molecule has 0 fully saturated rings. The van der Waals surface area contributed by atoms with Gasteiger partial charge in [-0.15, -0.1) is 0 Å².